The van der Waals surface area contributed by atoms with E-state index >= 15 is 0 Å². The maximum Gasteiger partial charge on any atom is 0.0908 e. The quantitative estimate of drug-likeness (QED) is 0.507. The van der Waals surface area contributed by atoms with Crippen LogP contribution < -0.4 is 0 Å². The van der Waals surface area contributed by atoms with Gasteiger partial charge in [-0.15, -0.1) is 0 Å². The van der Waals surface area contributed by atoms with Crippen LogP contribution in [0.5, 0.6) is 0 Å². The van der Waals surface area contributed by atoms with Crippen molar-refractivity contribution in [3.05, 3.63) is 12.2 Å². The molecule has 0 aromatic rings. The number of rotatable bonds is 1. The summed E-state index contributed by atoms with van der Waals surface area (Å²) in [4.78, 5) is 0. The van der Waals surface area contributed by atoms with E-state index in [4.69, 9.17) is 5.26 Å². The Morgan fingerprint density at radius 3 is 2.50 bits per heavy atom. The van der Waals surface area contributed by atoms with Gasteiger partial charge in [-0.1, -0.05) is 25.3 Å². The Bertz CT molecular complexity index is 147. The minimum atomic E-state index is 0.702. The van der Waals surface area contributed by atoms with Gasteiger partial charge in [0.15, 0.2) is 0 Å². The molecule has 1 nitrogen and oxygen atoms in total. The Morgan fingerprint density at radius 2 is 1.90 bits per heavy atom. The van der Waals surface area contributed by atoms with Crippen molar-refractivity contribution < 1.29 is 0 Å². The fraction of sp³-hybridized carbons (Fsp3) is 0.667. The van der Waals surface area contributed by atoms with Gasteiger partial charge in [0.1, 0.15) is 0 Å². The first kappa shape index (κ1) is 7.34. The van der Waals surface area contributed by atoms with Crippen LogP contribution in [-0.2, 0) is 0 Å². The summed E-state index contributed by atoms with van der Waals surface area (Å²) in [6.45, 7) is 0. The zero-order chi connectivity index (χ0) is 7.23. The number of nitrogens with zero attached hydrogens (tertiary/aromatic N) is 1. The lowest BCUT2D eigenvalue weighted by molar-refractivity contribution is 0.419. The second-order valence-electron chi connectivity index (χ2n) is 2.89. The van der Waals surface area contributed by atoms with Crippen molar-refractivity contribution in [2.45, 2.75) is 32.1 Å². The minimum absolute atomic E-state index is 0.702. The van der Waals surface area contributed by atoms with Crippen LogP contribution in [0.2, 0.25) is 0 Å². The molecule has 0 aromatic carbocycles. The molecule has 0 aliphatic heterocycles. The minimum Gasteiger partial charge on any atom is -0.193 e. The Labute approximate surface area is 62.4 Å². The second-order valence-corrected chi connectivity index (χ2v) is 2.89. The number of hydrogen-bond acceptors (Lipinski definition) is 1. The second kappa shape index (κ2) is 4.11. The summed E-state index contributed by atoms with van der Waals surface area (Å²) in [6, 6.07) is 2.03. The van der Waals surface area contributed by atoms with Crippen LogP contribution in [-0.4, -0.2) is 0 Å². The van der Waals surface area contributed by atoms with Gasteiger partial charge in [0.25, 0.3) is 0 Å². The molecule has 0 amide bonds. The summed E-state index contributed by atoms with van der Waals surface area (Å²) in [6.07, 6.45) is 10.3. The van der Waals surface area contributed by atoms with Gasteiger partial charge in [0.05, 0.1) is 6.07 Å². The SMILES string of the molecule is N#C/C=C\C1CCCCC1. The lowest BCUT2D eigenvalue weighted by Gasteiger charge is -2.16. The van der Waals surface area contributed by atoms with Gasteiger partial charge in [-0.05, 0) is 18.8 Å². The lowest BCUT2D eigenvalue weighted by atomic mass is 9.89. The monoisotopic (exact) mass is 135 g/mol. The molecule has 1 aliphatic carbocycles. The van der Waals surface area contributed by atoms with Gasteiger partial charge in [0.2, 0.25) is 0 Å². The average molecular weight is 135 g/mol. The first-order valence-electron chi connectivity index (χ1n) is 4.00. The smallest absolute Gasteiger partial charge is 0.0908 e. The molecule has 1 aliphatic rings. The summed E-state index contributed by atoms with van der Waals surface area (Å²) >= 11 is 0. The van der Waals surface area contributed by atoms with Crippen LogP contribution in [0, 0.1) is 17.2 Å². The summed E-state index contributed by atoms with van der Waals surface area (Å²) in [7, 11) is 0. The molecule has 0 saturated heterocycles. The maximum atomic E-state index is 8.26. The van der Waals surface area contributed by atoms with Crippen molar-refractivity contribution in [1.82, 2.24) is 0 Å². The van der Waals surface area contributed by atoms with E-state index in [0.717, 1.165) is 0 Å². The number of allylic oxidation sites excluding steroid dienone is 2. The Balaban J connectivity index is 2.27. The third-order valence-electron chi connectivity index (χ3n) is 2.09. The van der Waals surface area contributed by atoms with Gasteiger partial charge in [-0.25, -0.2) is 0 Å². The van der Waals surface area contributed by atoms with Crippen LogP contribution in [0.15, 0.2) is 12.2 Å². The molecule has 0 N–H and O–H groups in total. The molecule has 10 heavy (non-hydrogen) atoms. The van der Waals surface area contributed by atoms with Crippen LogP contribution in [0.3, 0.4) is 0 Å². The summed E-state index contributed by atoms with van der Waals surface area (Å²) in [5.41, 5.74) is 0. The van der Waals surface area contributed by atoms with Gasteiger partial charge in [-0.3, -0.25) is 0 Å². The predicted octanol–water partition coefficient (Wildman–Crippen LogP) is 2.65. The third-order valence-corrected chi connectivity index (χ3v) is 2.09. The Morgan fingerprint density at radius 1 is 1.20 bits per heavy atom. The van der Waals surface area contributed by atoms with Crippen molar-refractivity contribution in [2.75, 3.05) is 0 Å². The van der Waals surface area contributed by atoms with E-state index in [1.54, 1.807) is 6.08 Å². The summed E-state index contributed by atoms with van der Waals surface area (Å²) in [5.74, 6) is 0.702. The molecule has 0 atom stereocenters. The topological polar surface area (TPSA) is 23.8 Å². The molecule has 1 heteroatoms. The third kappa shape index (κ3) is 2.23. The highest BCUT2D eigenvalue weighted by Crippen LogP contribution is 2.24. The molecule has 1 fully saturated rings. The molecule has 0 spiro atoms. The standard InChI is InChI=1S/C9H13N/c10-8-4-7-9-5-2-1-3-6-9/h4,7,9H,1-3,5-6H2/b7-4-. The first-order valence-corrected chi connectivity index (χ1v) is 4.00. The predicted molar refractivity (Wildman–Crippen MR) is 41.3 cm³/mol. The van der Waals surface area contributed by atoms with E-state index in [1.165, 1.54) is 32.1 Å². The highest BCUT2D eigenvalue weighted by molar-refractivity contribution is 5.04. The summed E-state index contributed by atoms with van der Waals surface area (Å²) < 4.78 is 0. The molecule has 1 saturated carbocycles. The van der Waals surface area contributed by atoms with Gasteiger partial charge in [0, 0.05) is 6.08 Å². The zero-order valence-corrected chi connectivity index (χ0v) is 6.21. The molecule has 0 bridgehead atoms. The molecule has 54 valence electrons. The van der Waals surface area contributed by atoms with Crippen LogP contribution >= 0.6 is 0 Å². The Kier molecular flexibility index (Phi) is 3.02. The normalized spacial score (nSPS) is 21.1. The average Bonchev–Trinajstić information content (AvgIpc) is 2.03. The summed E-state index contributed by atoms with van der Waals surface area (Å²) in [5, 5.41) is 8.26. The molecule has 0 radical (unpaired) electrons. The van der Waals surface area contributed by atoms with Crippen molar-refractivity contribution in [2.24, 2.45) is 5.92 Å². The van der Waals surface area contributed by atoms with Gasteiger partial charge >= 0.3 is 0 Å². The first-order chi connectivity index (χ1) is 4.93. The van der Waals surface area contributed by atoms with Crippen molar-refractivity contribution in [3.8, 4) is 6.07 Å². The van der Waals surface area contributed by atoms with E-state index in [9.17, 15) is 0 Å². The van der Waals surface area contributed by atoms with Crippen LogP contribution in [0.1, 0.15) is 32.1 Å². The fourth-order valence-electron chi connectivity index (χ4n) is 1.51. The molecular formula is C9H13N. The molecule has 0 unspecified atom stereocenters. The van der Waals surface area contributed by atoms with E-state index in [-0.39, 0.29) is 0 Å². The maximum absolute atomic E-state index is 8.26. The fourth-order valence-corrected chi connectivity index (χ4v) is 1.51. The Hall–Kier alpha value is -0.770. The van der Waals surface area contributed by atoms with E-state index < -0.39 is 0 Å². The zero-order valence-electron chi connectivity index (χ0n) is 6.21. The highest BCUT2D eigenvalue weighted by Gasteiger charge is 2.08. The molecule has 0 aromatic heterocycles. The van der Waals surface area contributed by atoms with E-state index in [0.29, 0.717) is 5.92 Å². The van der Waals surface area contributed by atoms with E-state index in [1.807, 2.05) is 6.07 Å². The van der Waals surface area contributed by atoms with Crippen molar-refractivity contribution in [1.29, 1.82) is 5.26 Å². The number of nitriles is 1. The molecular weight excluding hydrogens is 122 g/mol. The number of hydrogen-bond donors (Lipinski definition) is 0. The largest absolute Gasteiger partial charge is 0.193 e. The van der Waals surface area contributed by atoms with Crippen molar-refractivity contribution >= 4 is 0 Å². The van der Waals surface area contributed by atoms with Gasteiger partial charge < -0.3 is 0 Å². The van der Waals surface area contributed by atoms with Crippen LogP contribution in [0.25, 0.3) is 0 Å². The van der Waals surface area contributed by atoms with Crippen molar-refractivity contribution in [3.63, 3.8) is 0 Å². The van der Waals surface area contributed by atoms with Gasteiger partial charge in [-0.2, -0.15) is 5.26 Å². The molecule has 1 rings (SSSR count). The van der Waals surface area contributed by atoms with E-state index in [2.05, 4.69) is 6.08 Å². The lowest BCUT2D eigenvalue weighted by Crippen LogP contribution is -2.02. The molecule has 0 heterocycles. The highest BCUT2D eigenvalue weighted by atomic mass is 14.2. The van der Waals surface area contributed by atoms with Crippen LogP contribution in [0.4, 0.5) is 0 Å².